The number of carboxylic acids is 1. The number of carboxylic acid groups (broad SMARTS) is 1. The molecule has 1 aliphatic carbocycles. The molecule has 0 saturated heterocycles. The molecule has 0 unspecified atom stereocenters. The van der Waals surface area contributed by atoms with E-state index in [-0.39, 0.29) is 12.3 Å². The van der Waals surface area contributed by atoms with Crippen LogP contribution in [-0.2, 0) is 15.1 Å². The highest BCUT2D eigenvalue weighted by Crippen LogP contribution is 2.41. The molecule has 1 saturated carbocycles. The van der Waals surface area contributed by atoms with Gasteiger partial charge in [-0.05, 0) is 48.7 Å². The summed E-state index contributed by atoms with van der Waals surface area (Å²) in [4.78, 5) is 27.7. The molecule has 3 N–H and O–H groups in total. The second-order valence-electron chi connectivity index (χ2n) is 7.95. The molecule has 170 valence electrons. The number of carbonyl (C=O) groups excluding carboxylic acids is 1. The molecule has 1 aliphatic rings. The van der Waals surface area contributed by atoms with Crippen molar-refractivity contribution in [3.8, 4) is 11.1 Å². The minimum absolute atomic E-state index is 0.102. The number of hydrogen-bond acceptors (Lipinski definition) is 4. The molecule has 0 atom stereocenters. The molecule has 1 heterocycles. The van der Waals surface area contributed by atoms with Crippen LogP contribution < -0.4 is 10.6 Å². The predicted octanol–water partition coefficient (Wildman–Crippen LogP) is 5.40. The number of ether oxygens (including phenoxy) is 1. The molecular weight excluding hydrogens is 425 g/mol. The summed E-state index contributed by atoms with van der Waals surface area (Å²) in [5.74, 6) is -1.50. The van der Waals surface area contributed by atoms with Gasteiger partial charge in [-0.2, -0.15) is 0 Å². The van der Waals surface area contributed by atoms with Gasteiger partial charge in [-0.15, -0.1) is 0 Å². The van der Waals surface area contributed by atoms with Gasteiger partial charge in [0.05, 0.1) is 11.4 Å². The molecule has 4 rings (SSSR count). The van der Waals surface area contributed by atoms with Crippen LogP contribution in [0.1, 0.15) is 31.4 Å². The van der Waals surface area contributed by atoms with E-state index in [0.29, 0.717) is 5.69 Å². The molecule has 0 aliphatic heterocycles. The fourth-order valence-electron chi connectivity index (χ4n) is 4.05. The van der Waals surface area contributed by atoms with E-state index in [1.807, 2.05) is 24.3 Å². The fourth-order valence-corrected chi connectivity index (χ4v) is 4.05. The summed E-state index contributed by atoms with van der Waals surface area (Å²) >= 11 is 0. The molecule has 33 heavy (non-hydrogen) atoms. The van der Waals surface area contributed by atoms with Crippen LogP contribution in [0.15, 0.2) is 66.9 Å². The van der Waals surface area contributed by atoms with E-state index < -0.39 is 23.4 Å². The number of benzene rings is 2. The maximum atomic E-state index is 13.7. The lowest BCUT2D eigenvalue weighted by atomic mass is 9.95. The van der Waals surface area contributed by atoms with Crippen LogP contribution in [0.2, 0.25) is 0 Å². The van der Waals surface area contributed by atoms with Crippen molar-refractivity contribution in [3.05, 3.63) is 78.4 Å². The van der Waals surface area contributed by atoms with Crippen LogP contribution in [0.5, 0.6) is 0 Å². The van der Waals surface area contributed by atoms with E-state index in [1.165, 1.54) is 12.1 Å². The average Bonchev–Trinajstić information content (AvgIpc) is 3.30. The average molecular weight is 449 g/mol. The maximum Gasteiger partial charge on any atom is 0.329 e. The Hall–Kier alpha value is -3.78. The van der Waals surface area contributed by atoms with Gasteiger partial charge < -0.3 is 20.5 Å². The fraction of sp³-hybridized carbons (Fsp3) is 0.240. The number of carbonyl (C=O) groups is 2. The van der Waals surface area contributed by atoms with Crippen LogP contribution in [0, 0.1) is 5.82 Å². The number of anilines is 2. The minimum atomic E-state index is -0.992. The Balaban J connectivity index is 1.42. The Morgan fingerprint density at radius 3 is 2.30 bits per heavy atom. The monoisotopic (exact) mass is 449 g/mol. The number of aliphatic carboxylic acids is 1. The number of nitrogens with one attached hydrogen (secondary N) is 2. The number of hydrogen-bond donors (Lipinski definition) is 3. The van der Waals surface area contributed by atoms with Gasteiger partial charge in [0.25, 0.3) is 0 Å². The molecule has 8 heteroatoms. The zero-order valence-corrected chi connectivity index (χ0v) is 17.9. The van der Waals surface area contributed by atoms with Crippen molar-refractivity contribution in [1.82, 2.24) is 4.98 Å². The van der Waals surface area contributed by atoms with E-state index >= 15 is 0 Å². The highest BCUT2D eigenvalue weighted by Gasteiger charge is 2.38. The number of pyridine rings is 1. The lowest BCUT2D eigenvalue weighted by Gasteiger charge is -2.28. The Kier molecular flexibility index (Phi) is 6.65. The van der Waals surface area contributed by atoms with Gasteiger partial charge >= 0.3 is 12.0 Å². The normalized spacial score (nSPS) is 14.6. The highest BCUT2D eigenvalue weighted by molar-refractivity contribution is 5.99. The first-order valence-corrected chi connectivity index (χ1v) is 10.7. The lowest BCUT2D eigenvalue weighted by molar-refractivity contribution is -0.150. The van der Waals surface area contributed by atoms with Gasteiger partial charge in [-0.3, -0.25) is 4.98 Å². The minimum Gasteiger partial charge on any atom is -0.480 e. The van der Waals surface area contributed by atoms with Crippen LogP contribution in [0.25, 0.3) is 11.1 Å². The first kappa shape index (κ1) is 22.4. The summed E-state index contributed by atoms with van der Waals surface area (Å²) in [5, 5.41) is 14.1. The third kappa shape index (κ3) is 5.35. The van der Waals surface area contributed by atoms with E-state index in [1.54, 1.807) is 30.5 Å². The SMILES string of the molecule is O=C(O)COC1(c2ccc(-c3ccc(NC(=O)Nc4ccccc4F)cc3)cn2)CCCC1. The van der Waals surface area contributed by atoms with Crippen molar-refractivity contribution in [2.24, 2.45) is 0 Å². The summed E-state index contributed by atoms with van der Waals surface area (Å²) in [5.41, 5.74) is 2.55. The Bertz CT molecular complexity index is 1130. The number of urea groups is 1. The quantitative estimate of drug-likeness (QED) is 0.448. The van der Waals surface area contributed by atoms with Crippen molar-refractivity contribution in [2.75, 3.05) is 17.2 Å². The van der Waals surface area contributed by atoms with Gasteiger partial charge in [0.1, 0.15) is 18.0 Å². The van der Waals surface area contributed by atoms with Crippen molar-refractivity contribution in [1.29, 1.82) is 0 Å². The summed E-state index contributed by atoms with van der Waals surface area (Å²) in [7, 11) is 0. The van der Waals surface area contributed by atoms with Gasteiger partial charge in [-0.25, -0.2) is 14.0 Å². The molecule has 0 radical (unpaired) electrons. The lowest BCUT2D eigenvalue weighted by Crippen LogP contribution is -2.30. The van der Waals surface area contributed by atoms with E-state index in [2.05, 4.69) is 15.6 Å². The molecule has 2 amide bonds. The summed E-state index contributed by atoms with van der Waals surface area (Å²) < 4.78 is 19.4. The van der Waals surface area contributed by atoms with E-state index in [9.17, 15) is 14.0 Å². The highest BCUT2D eigenvalue weighted by atomic mass is 19.1. The molecule has 0 spiro atoms. The number of nitrogens with zero attached hydrogens (tertiary/aromatic N) is 1. The number of para-hydroxylation sites is 1. The van der Waals surface area contributed by atoms with Crippen molar-refractivity contribution < 1.29 is 23.8 Å². The van der Waals surface area contributed by atoms with Crippen molar-refractivity contribution in [2.45, 2.75) is 31.3 Å². The first-order valence-electron chi connectivity index (χ1n) is 10.7. The third-order valence-corrected chi connectivity index (χ3v) is 5.71. The molecule has 3 aromatic rings. The first-order chi connectivity index (χ1) is 15.9. The third-order valence-electron chi connectivity index (χ3n) is 5.71. The van der Waals surface area contributed by atoms with Crippen molar-refractivity contribution >= 4 is 23.4 Å². The second-order valence-corrected chi connectivity index (χ2v) is 7.95. The van der Waals surface area contributed by atoms with Gasteiger partial charge in [0.15, 0.2) is 0 Å². The predicted molar refractivity (Wildman–Crippen MR) is 122 cm³/mol. The Morgan fingerprint density at radius 1 is 0.970 bits per heavy atom. The summed E-state index contributed by atoms with van der Waals surface area (Å²) in [6.45, 7) is -0.345. The zero-order valence-electron chi connectivity index (χ0n) is 17.9. The number of rotatable bonds is 7. The Labute approximate surface area is 190 Å². The van der Waals surface area contributed by atoms with Gasteiger partial charge in [0, 0.05) is 17.4 Å². The standard InChI is InChI=1S/C25H24FN3O4/c26-20-5-1-2-6-21(20)29-24(32)28-19-10-7-17(8-11-19)18-9-12-22(27-15-18)25(13-3-4-14-25)33-16-23(30)31/h1-2,5-12,15H,3-4,13-14,16H2,(H,30,31)(H2,28,29,32). The van der Waals surface area contributed by atoms with Crippen LogP contribution in [0.3, 0.4) is 0 Å². The second kappa shape index (κ2) is 9.79. The number of amides is 2. The van der Waals surface area contributed by atoms with Gasteiger partial charge in [-0.1, -0.05) is 43.2 Å². The van der Waals surface area contributed by atoms with E-state index in [0.717, 1.165) is 42.5 Å². The summed E-state index contributed by atoms with van der Waals surface area (Å²) in [6.07, 6.45) is 5.20. The van der Waals surface area contributed by atoms with Crippen LogP contribution in [0.4, 0.5) is 20.6 Å². The smallest absolute Gasteiger partial charge is 0.329 e. The largest absolute Gasteiger partial charge is 0.480 e. The number of aromatic nitrogens is 1. The molecule has 7 nitrogen and oxygen atoms in total. The molecule has 1 fully saturated rings. The zero-order chi connectivity index (χ0) is 23.3. The maximum absolute atomic E-state index is 13.7. The van der Waals surface area contributed by atoms with Gasteiger partial charge in [0.2, 0.25) is 0 Å². The molecule has 2 aromatic carbocycles. The Morgan fingerprint density at radius 2 is 1.67 bits per heavy atom. The molecule has 1 aromatic heterocycles. The van der Waals surface area contributed by atoms with E-state index in [4.69, 9.17) is 9.84 Å². The molecule has 0 bridgehead atoms. The summed E-state index contributed by atoms with van der Waals surface area (Å²) in [6, 6.07) is 16.4. The molecular formula is C25H24FN3O4. The van der Waals surface area contributed by atoms with Crippen molar-refractivity contribution in [3.63, 3.8) is 0 Å². The topological polar surface area (TPSA) is 101 Å². The van der Waals surface area contributed by atoms with Crippen LogP contribution in [-0.4, -0.2) is 28.7 Å². The number of halogens is 1. The van der Waals surface area contributed by atoms with Crippen LogP contribution >= 0.6 is 0 Å².